The summed E-state index contributed by atoms with van der Waals surface area (Å²) < 4.78 is 0. The van der Waals surface area contributed by atoms with Gasteiger partial charge in [-0.15, -0.1) is 0 Å². The summed E-state index contributed by atoms with van der Waals surface area (Å²) in [5.74, 6) is -0.957. The summed E-state index contributed by atoms with van der Waals surface area (Å²) in [6, 6.07) is 21.7. The molecule has 152 valence electrons. The number of H-pyrrole nitrogens is 1. The number of nitrogens with one attached hydrogen (secondary N) is 1. The summed E-state index contributed by atoms with van der Waals surface area (Å²) in [7, 11) is 0. The molecule has 1 heterocycles. The zero-order valence-corrected chi connectivity index (χ0v) is 17.2. The van der Waals surface area contributed by atoms with E-state index in [1.54, 1.807) is 12.1 Å². The van der Waals surface area contributed by atoms with Gasteiger partial charge in [-0.05, 0) is 60.2 Å². The number of halogens is 1. The predicted octanol–water partition coefficient (Wildman–Crippen LogP) is 6.13. The maximum Gasteiger partial charge on any atom is 0.336 e. The molecule has 0 unspecified atom stereocenters. The fourth-order valence-corrected chi connectivity index (χ4v) is 4.12. The van der Waals surface area contributed by atoms with Crippen molar-refractivity contribution in [1.29, 1.82) is 0 Å². The molecule has 4 aromatic rings. The van der Waals surface area contributed by atoms with Crippen LogP contribution in [-0.4, -0.2) is 22.6 Å². The summed E-state index contributed by atoms with van der Waals surface area (Å²) in [5.41, 5.74) is 11.8. The van der Waals surface area contributed by atoms with E-state index in [-0.39, 0.29) is 5.56 Å². The van der Waals surface area contributed by atoms with Crippen LogP contribution in [-0.2, 0) is 6.42 Å². The van der Waals surface area contributed by atoms with Gasteiger partial charge in [0.2, 0.25) is 0 Å². The number of carboxylic acids is 1. The lowest BCUT2D eigenvalue weighted by molar-refractivity contribution is 0.0699. The Morgan fingerprint density at radius 3 is 2.23 bits per heavy atom. The summed E-state index contributed by atoms with van der Waals surface area (Å²) in [6.07, 6.45) is 2.49. The fraction of sp³-hybridized carbons (Fsp3) is 0.160. The van der Waals surface area contributed by atoms with E-state index in [1.165, 1.54) is 0 Å². The number of aromatic amines is 1. The van der Waals surface area contributed by atoms with Crippen LogP contribution >= 0.6 is 11.6 Å². The lowest BCUT2D eigenvalue weighted by Crippen LogP contribution is -2.01. The number of fused-ring (bicyclic) bond motifs is 1. The van der Waals surface area contributed by atoms with Crippen LogP contribution in [0.15, 0.2) is 66.7 Å². The van der Waals surface area contributed by atoms with Crippen molar-refractivity contribution in [2.24, 2.45) is 5.73 Å². The largest absolute Gasteiger partial charge is 0.478 e. The number of nitrogens with two attached hydrogens (primary N) is 1. The maximum atomic E-state index is 11.9. The van der Waals surface area contributed by atoms with Crippen molar-refractivity contribution < 1.29 is 9.90 Å². The Bertz CT molecular complexity index is 1180. The number of aromatic nitrogens is 1. The molecule has 0 atom stereocenters. The number of rotatable bonds is 7. The van der Waals surface area contributed by atoms with Crippen LogP contribution < -0.4 is 5.73 Å². The molecule has 0 aliphatic rings. The second-order valence-electron chi connectivity index (χ2n) is 7.32. The first-order valence-corrected chi connectivity index (χ1v) is 10.4. The van der Waals surface area contributed by atoms with Crippen molar-refractivity contribution in [3.8, 4) is 22.4 Å². The van der Waals surface area contributed by atoms with Crippen molar-refractivity contribution >= 4 is 28.5 Å². The highest BCUT2D eigenvalue weighted by Crippen LogP contribution is 2.37. The third-order valence-electron chi connectivity index (χ3n) is 5.40. The SMILES string of the molecule is NCCCCc1c(-c2ccc(-c3ccccc3)cc2)[nH]c2c(Cl)ccc(C(=O)O)c12. The van der Waals surface area contributed by atoms with E-state index in [0.29, 0.717) is 22.5 Å². The van der Waals surface area contributed by atoms with Gasteiger partial charge in [-0.3, -0.25) is 0 Å². The first-order valence-electron chi connectivity index (χ1n) is 10.0. The Hall–Kier alpha value is -3.08. The molecule has 0 bridgehead atoms. The quantitative estimate of drug-likeness (QED) is 0.315. The molecule has 0 aliphatic heterocycles. The Labute approximate surface area is 180 Å². The van der Waals surface area contributed by atoms with Crippen molar-refractivity contribution in [2.75, 3.05) is 6.54 Å². The van der Waals surface area contributed by atoms with Gasteiger partial charge in [0.1, 0.15) is 0 Å². The molecule has 3 aromatic carbocycles. The number of carbonyl (C=O) groups is 1. The van der Waals surface area contributed by atoms with E-state index < -0.39 is 5.97 Å². The zero-order valence-electron chi connectivity index (χ0n) is 16.5. The zero-order chi connectivity index (χ0) is 21.1. The van der Waals surface area contributed by atoms with Crippen molar-refractivity contribution in [3.63, 3.8) is 0 Å². The van der Waals surface area contributed by atoms with Gasteiger partial charge in [-0.1, -0.05) is 66.2 Å². The number of benzene rings is 3. The highest BCUT2D eigenvalue weighted by atomic mass is 35.5. The second kappa shape index (κ2) is 8.74. The second-order valence-corrected chi connectivity index (χ2v) is 7.73. The highest BCUT2D eigenvalue weighted by molar-refractivity contribution is 6.36. The van der Waals surface area contributed by atoms with E-state index in [0.717, 1.165) is 47.2 Å². The third kappa shape index (κ3) is 3.84. The minimum atomic E-state index is -0.957. The first kappa shape index (κ1) is 20.2. The topological polar surface area (TPSA) is 79.1 Å². The summed E-state index contributed by atoms with van der Waals surface area (Å²) in [6.45, 7) is 0.607. The molecule has 5 heteroatoms. The van der Waals surface area contributed by atoms with Gasteiger partial charge in [0, 0.05) is 11.1 Å². The van der Waals surface area contributed by atoms with E-state index in [9.17, 15) is 9.90 Å². The lowest BCUT2D eigenvalue weighted by Gasteiger charge is -2.08. The molecule has 0 amide bonds. The van der Waals surface area contributed by atoms with Gasteiger partial charge in [0.05, 0.1) is 16.1 Å². The van der Waals surface area contributed by atoms with Crippen LogP contribution in [0, 0.1) is 0 Å². The number of aryl methyl sites for hydroxylation is 1. The highest BCUT2D eigenvalue weighted by Gasteiger charge is 2.20. The van der Waals surface area contributed by atoms with Crippen LogP contribution in [0.4, 0.5) is 0 Å². The number of aromatic carboxylic acids is 1. The molecule has 30 heavy (non-hydrogen) atoms. The van der Waals surface area contributed by atoms with Gasteiger partial charge in [-0.2, -0.15) is 0 Å². The Morgan fingerprint density at radius 2 is 1.57 bits per heavy atom. The van der Waals surface area contributed by atoms with E-state index in [4.69, 9.17) is 17.3 Å². The van der Waals surface area contributed by atoms with Crippen molar-refractivity contribution in [2.45, 2.75) is 19.3 Å². The van der Waals surface area contributed by atoms with Gasteiger partial charge in [0.25, 0.3) is 0 Å². The number of carboxylic acid groups (broad SMARTS) is 1. The summed E-state index contributed by atoms with van der Waals surface area (Å²) in [4.78, 5) is 15.3. The van der Waals surface area contributed by atoms with Gasteiger partial charge in [0.15, 0.2) is 0 Å². The van der Waals surface area contributed by atoms with Crippen LogP contribution in [0.3, 0.4) is 0 Å². The molecular formula is C25H23ClN2O2. The average molecular weight is 419 g/mol. The normalized spacial score (nSPS) is 11.1. The molecule has 4 nitrogen and oxygen atoms in total. The molecule has 1 aromatic heterocycles. The molecule has 0 fully saturated rings. The predicted molar refractivity (Wildman–Crippen MR) is 123 cm³/mol. The van der Waals surface area contributed by atoms with Gasteiger partial charge in [-0.25, -0.2) is 4.79 Å². The van der Waals surface area contributed by atoms with Gasteiger partial charge < -0.3 is 15.8 Å². The van der Waals surface area contributed by atoms with E-state index >= 15 is 0 Å². The molecule has 0 radical (unpaired) electrons. The van der Waals surface area contributed by atoms with Crippen LogP contribution in [0.2, 0.25) is 5.02 Å². The maximum absolute atomic E-state index is 11.9. The third-order valence-corrected chi connectivity index (χ3v) is 5.72. The standard InChI is InChI=1S/C25H23ClN2O2/c26-21-14-13-20(25(29)30)22-19(8-4-5-15-27)23(28-24(21)22)18-11-9-17(10-12-18)16-6-2-1-3-7-16/h1-3,6-7,9-14,28H,4-5,8,15,27H2,(H,29,30). The average Bonchev–Trinajstić information content (AvgIpc) is 3.15. The van der Waals surface area contributed by atoms with E-state index in [2.05, 4.69) is 41.4 Å². The molecule has 0 saturated carbocycles. The molecule has 0 aliphatic carbocycles. The monoisotopic (exact) mass is 418 g/mol. The minimum absolute atomic E-state index is 0.264. The Kier molecular flexibility index (Phi) is 5.88. The Morgan fingerprint density at radius 1 is 0.900 bits per heavy atom. The number of hydrogen-bond donors (Lipinski definition) is 3. The van der Waals surface area contributed by atoms with Crippen LogP contribution in [0.1, 0.15) is 28.8 Å². The summed E-state index contributed by atoms with van der Waals surface area (Å²) >= 11 is 6.43. The lowest BCUT2D eigenvalue weighted by atomic mass is 9.96. The minimum Gasteiger partial charge on any atom is -0.478 e. The van der Waals surface area contributed by atoms with Crippen molar-refractivity contribution in [1.82, 2.24) is 4.98 Å². The number of unbranched alkanes of at least 4 members (excludes halogenated alkanes) is 1. The molecular weight excluding hydrogens is 396 g/mol. The fourth-order valence-electron chi connectivity index (χ4n) is 3.92. The molecule has 0 spiro atoms. The van der Waals surface area contributed by atoms with Crippen molar-refractivity contribution in [3.05, 3.63) is 82.9 Å². The molecule has 4 N–H and O–H groups in total. The van der Waals surface area contributed by atoms with Crippen LogP contribution in [0.25, 0.3) is 33.3 Å². The molecule has 0 saturated heterocycles. The van der Waals surface area contributed by atoms with Crippen LogP contribution in [0.5, 0.6) is 0 Å². The summed E-state index contributed by atoms with van der Waals surface area (Å²) in [5, 5.41) is 10.9. The first-order chi connectivity index (χ1) is 14.6. The smallest absolute Gasteiger partial charge is 0.336 e. The van der Waals surface area contributed by atoms with E-state index in [1.807, 2.05) is 18.2 Å². The van der Waals surface area contributed by atoms with Gasteiger partial charge >= 0.3 is 5.97 Å². The Balaban J connectivity index is 1.85. The molecule has 4 rings (SSSR count). The number of hydrogen-bond acceptors (Lipinski definition) is 2.